The highest BCUT2D eigenvalue weighted by atomic mass is 16.5. The second kappa shape index (κ2) is 9.11. The van der Waals surface area contributed by atoms with Gasteiger partial charge in [0.25, 0.3) is 5.91 Å². The highest BCUT2D eigenvalue weighted by Gasteiger charge is 2.22. The van der Waals surface area contributed by atoms with Crippen LogP contribution in [0.4, 0.5) is 0 Å². The van der Waals surface area contributed by atoms with Gasteiger partial charge in [0.05, 0.1) is 13.2 Å². The van der Waals surface area contributed by atoms with Gasteiger partial charge in [-0.25, -0.2) is 0 Å². The van der Waals surface area contributed by atoms with Crippen LogP contribution < -0.4 is 14.8 Å². The Kier molecular flexibility index (Phi) is 6.87. The molecule has 4 nitrogen and oxygen atoms in total. The predicted octanol–water partition coefficient (Wildman–Crippen LogP) is 4.43. The summed E-state index contributed by atoms with van der Waals surface area (Å²) in [5.74, 6) is 1.47. The number of amides is 1. The molecule has 2 atom stereocenters. The van der Waals surface area contributed by atoms with Crippen molar-refractivity contribution in [1.82, 2.24) is 5.32 Å². The molecule has 0 aromatic heterocycles. The lowest BCUT2D eigenvalue weighted by atomic mass is 10.0. The van der Waals surface area contributed by atoms with Crippen LogP contribution in [0.5, 0.6) is 11.5 Å². The van der Waals surface area contributed by atoms with E-state index in [4.69, 9.17) is 9.47 Å². The Morgan fingerprint density at radius 2 is 1.72 bits per heavy atom. The minimum Gasteiger partial charge on any atom is -0.497 e. The summed E-state index contributed by atoms with van der Waals surface area (Å²) in [5, 5.41) is 3.11. The Labute approximate surface area is 150 Å². The number of carbonyl (C=O) groups excluding carboxylic acids is 1. The molecule has 0 aliphatic heterocycles. The number of methoxy groups -OCH3 is 1. The lowest BCUT2D eigenvalue weighted by Crippen LogP contribution is -2.40. The second-order valence-corrected chi connectivity index (χ2v) is 6.02. The number of rotatable bonds is 8. The van der Waals surface area contributed by atoms with E-state index in [0.29, 0.717) is 6.42 Å². The van der Waals surface area contributed by atoms with Crippen LogP contribution in [0.25, 0.3) is 0 Å². The van der Waals surface area contributed by atoms with Gasteiger partial charge in [-0.05, 0) is 49.1 Å². The Hall–Kier alpha value is -2.49. The number of nitrogens with one attached hydrogen (secondary N) is 1. The molecule has 2 unspecified atom stereocenters. The Morgan fingerprint density at radius 3 is 2.28 bits per heavy atom. The number of hydrogen-bond acceptors (Lipinski definition) is 3. The Bertz CT molecular complexity index is 682. The lowest BCUT2D eigenvalue weighted by molar-refractivity contribution is -0.129. The van der Waals surface area contributed by atoms with E-state index < -0.39 is 6.10 Å². The molecule has 2 aromatic carbocycles. The fourth-order valence-electron chi connectivity index (χ4n) is 2.69. The van der Waals surface area contributed by atoms with Crippen LogP contribution in [-0.4, -0.2) is 19.1 Å². The summed E-state index contributed by atoms with van der Waals surface area (Å²) in [4.78, 5) is 12.7. The van der Waals surface area contributed by atoms with Crippen molar-refractivity contribution in [2.75, 3.05) is 7.11 Å². The molecule has 4 heteroatoms. The van der Waals surface area contributed by atoms with Gasteiger partial charge in [0.1, 0.15) is 11.5 Å². The molecule has 0 saturated heterocycles. The van der Waals surface area contributed by atoms with Crippen LogP contribution in [0, 0.1) is 6.92 Å². The third-order valence-electron chi connectivity index (χ3n) is 4.27. The molecule has 0 bridgehead atoms. The fraction of sp³-hybridized carbons (Fsp3) is 0.381. The molecule has 0 aliphatic carbocycles. The highest BCUT2D eigenvalue weighted by molar-refractivity contribution is 5.81. The van der Waals surface area contributed by atoms with Crippen molar-refractivity contribution >= 4 is 5.91 Å². The van der Waals surface area contributed by atoms with Gasteiger partial charge < -0.3 is 14.8 Å². The van der Waals surface area contributed by atoms with Crippen molar-refractivity contribution in [3.8, 4) is 11.5 Å². The fourth-order valence-corrected chi connectivity index (χ4v) is 2.69. The van der Waals surface area contributed by atoms with Crippen molar-refractivity contribution < 1.29 is 14.3 Å². The topological polar surface area (TPSA) is 47.6 Å². The molecule has 1 N–H and O–H groups in total. The molecule has 0 aliphatic rings. The van der Waals surface area contributed by atoms with Gasteiger partial charge in [0.2, 0.25) is 0 Å². The largest absolute Gasteiger partial charge is 0.497 e. The van der Waals surface area contributed by atoms with Crippen LogP contribution in [0.1, 0.15) is 43.9 Å². The maximum Gasteiger partial charge on any atom is 0.261 e. The third kappa shape index (κ3) is 4.99. The second-order valence-electron chi connectivity index (χ2n) is 6.02. The van der Waals surface area contributed by atoms with E-state index in [2.05, 4.69) is 12.2 Å². The van der Waals surface area contributed by atoms with Gasteiger partial charge in [0.15, 0.2) is 6.10 Å². The summed E-state index contributed by atoms with van der Waals surface area (Å²) in [7, 11) is 1.64. The Balaban J connectivity index is 2.06. The molecule has 25 heavy (non-hydrogen) atoms. The molecule has 0 spiro atoms. The van der Waals surface area contributed by atoms with Gasteiger partial charge in [-0.1, -0.05) is 44.2 Å². The van der Waals surface area contributed by atoms with Crippen molar-refractivity contribution in [3.63, 3.8) is 0 Å². The first-order valence-electron chi connectivity index (χ1n) is 8.75. The molecular formula is C21H27NO3. The van der Waals surface area contributed by atoms with Gasteiger partial charge >= 0.3 is 0 Å². The van der Waals surface area contributed by atoms with Gasteiger partial charge in [-0.2, -0.15) is 0 Å². The maximum absolute atomic E-state index is 12.7. The van der Waals surface area contributed by atoms with Crippen molar-refractivity contribution in [2.45, 2.75) is 45.8 Å². The SMILES string of the molecule is CCC(Oc1ccccc1C)C(=O)NC(CC)c1ccc(OC)cc1. The molecule has 0 heterocycles. The van der Waals surface area contributed by atoms with E-state index in [9.17, 15) is 4.79 Å². The lowest BCUT2D eigenvalue weighted by Gasteiger charge is -2.23. The summed E-state index contributed by atoms with van der Waals surface area (Å²) in [5.41, 5.74) is 2.08. The minimum atomic E-state index is -0.506. The summed E-state index contributed by atoms with van der Waals surface area (Å²) >= 11 is 0. The van der Waals surface area contributed by atoms with Gasteiger partial charge in [-0.15, -0.1) is 0 Å². The highest BCUT2D eigenvalue weighted by Crippen LogP contribution is 2.22. The smallest absolute Gasteiger partial charge is 0.261 e. The van der Waals surface area contributed by atoms with Crippen LogP contribution in [0.2, 0.25) is 0 Å². The molecule has 0 saturated carbocycles. The number of benzene rings is 2. The van der Waals surface area contributed by atoms with Crippen LogP contribution in [0.15, 0.2) is 48.5 Å². The van der Waals surface area contributed by atoms with Gasteiger partial charge in [0, 0.05) is 0 Å². The molecule has 0 radical (unpaired) electrons. The first kappa shape index (κ1) is 18.8. The number of carbonyl (C=O) groups is 1. The van der Waals surface area contributed by atoms with E-state index >= 15 is 0 Å². The zero-order chi connectivity index (χ0) is 18.2. The number of ether oxygens (including phenoxy) is 2. The molecule has 2 aromatic rings. The number of hydrogen-bond donors (Lipinski definition) is 1. The van der Waals surface area contributed by atoms with E-state index in [1.54, 1.807) is 7.11 Å². The van der Waals surface area contributed by atoms with Crippen LogP contribution in [-0.2, 0) is 4.79 Å². The first-order chi connectivity index (χ1) is 12.1. The first-order valence-corrected chi connectivity index (χ1v) is 8.75. The van der Waals surface area contributed by atoms with Crippen molar-refractivity contribution in [3.05, 3.63) is 59.7 Å². The normalized spacial score (nSPS) is 13.0. The van der Waals surface area contributed by atoms with E-state index in [1.165, 1.54) is 0 Å². The average Bonchev–Trinajstić information content (AvgIpc) is 2.65. The molecule has 1 amide bonds. The summed E-state index contributed by atoms with van der Waals surface area (Å²) < 4.78 is 11.1. The molecular weight excluding hydrogens is 314 g/mol. The summed E-state index contributed by atoms with van der Waals surface area (Å²) in [6.45, 7) is 5.99. The summed E-state index contributed by atoms with van der Waals surface area (Å²) in [6.07, 6.45) is 0.909. The Morgan fingerprint density at radius 1 is 1.04 bits per heavy atom. The third-order valence-corrected chi connectivity index (χ3v) is 4.27. The maximum atomic E-state index is 12.7. The summed E-state index contributed by atoms with van der Waals surface area (Å²) in [6, 6.07) is 15.5. The van der Waals surface area contributed by atoms with E-state index in [0.717, 1.165) is 29.0 Å². The molecule has 134 valence electrons. The standard InChI is InChI=1S/C21H27NO3/c1-5-18(16-11-13-17(24-4)14-12-16)22-21(23)19(6-2)25-20-10-8-7-9-15(20)3/h7-14,18-19H,5-6H2,1-4H3,(H,22,23). The zero-order valence-corrected chi connectivity index (χ0v) is 15.4. The zero-order valence-electron chi connectivity index (χ0n) is 15.4. The molecule has 2 rings (SSSR count). The van der Waals surface area contributed by atoms with E-state index in [1.807, 2.05) is 62.4 Å². The van der Waals surface area contributed by atoms with Crippen LogP contribution in [0.3, 0.4) is 0 Å². The monoisotopic (exact) mass is 341 g/mol. The minimum absolute atomic E-state index is 0.0482. The average molecular weight is 341 g/mol. The van der Waals surface area contributed by atoms with Crippen molar-refractivity contribution in [1.29, 1.82) is 0 Å². The predicted molar refractivity (Wildman–Crippen MR) is 100 cm³/mol. The van der Waals surface area contributed by atoms with E-state index in [-0.39, 0.29) is 11.9 Å². The number of aryl methyl sites for hydroxylation is 1. The molecule has 0 fully saturated rings. The van der Waals surface area contributed by atoms with Crippen LogP contribution >= 0.6 is 0 Å². The van der Waals surface area contributed by atoms with Gasteiger partial charge in [-0.3, -0.25) is 4.79 Å². The quantitative estimate of drug-likeness (QED) is 0.773. The number of para-hydroxylation sites is 1. The van der Waals surface area contributed by atoms with Crippen molar-refractivity contribution in [2.24, 2.45) is 0 Å².